The van der Waals surface area contributed by atoms with Gasteiger partial charge >= 0.3 is 11.6 Å². The Morgan fingerprint density at radius 1 is 1.32 bits per heavy atom. The van der Waals surface area contributed by atoms with Gasteiger partial charge < -0.3 is 13.9 Å². The van der Waals surface area contributed by atoms with E-state index in [1.54, 1.807) is 12.1 Å². The van der Waals surface area contributed by atoms with Crippen molar-refractivity contribution >= 4 is 28.5 Å². The molecule has 2 aromatic rings. The molecular formula is C13H11ClO5. The second-order valence-electron chi connectivity index (χ2n) is 3.76. The number of carbonyl (C=O) groups is 1. The first-order valence-corrected chi connectivity index (χ1v) is 5.93. The molecule has 1 aromatic carbocycles. The first-order valence-electron chi connectivity index (χ1n) is 5.56. The van der Waals surface area contributed by atoms with Gasteiger partial charge in [0.15, 0.2) is 0 Å². The summed E-state index contributed by atoms with van der Waals surface area (Å²) >= 11 is 5.82. The van der Waals surface area contributed by atoms with Crippen LogP contribution in [0.3, 0.4) is 0 Å². The lowest BCUT2D eigenvalue weighted by Crippen LogP contribution is -2.10. The van der Waals surface area contributed by atoms with E-state index in [4.69, 9.17) is 25.5 Å². The average Bonchev–Trinajstić information content (AvgIpc) is 2.33. The van der Waals surface area contributed by atoms with Crippen LogP contribution in [0.2, 0.25) is 5.02 Å². The third-order valence-corrected chi connectivity index (χ3v) is 2.55. The first-order chi connectivity index (χ1) is 9.06. The van der Waals surface area contributed by atoms with Gasteiger partial charge in [0.05, 0.1) is 11.5 Å². The molecule has 0 unspecified atom stereocenters. The van der Waals surface area contributed by atoms with E-state index in [1.165, 1.54) is 19.1 Å². The van der Waals surface area contributed by atoms with Crippen LogP contribution in [0.25, 0.3) is 11.0 Å². The van der Waals surface area contributed by atoms with Crippen molar-refractivity contribution in [3.63, 3.8) is 0 Å². The van der Waals surface area contributed by atoms with Gasteiger partial charge in [-0.1, -0.05) is 11.6 Å². The Balaban J connectivity index is 2.22. The van der Waals surface area contributed by atoms with Gasteiger partial charge in [-0.3, -0.25) is 4.79 Å². The summed E-state index contributed by atoms with van der Waals surface area (Å²) in [6.45, 7) is 1.58. The topological polar surface area (TPSA) is 65.7 Å². The molecule has 0 fully saturated rings. The normalized spacial score (nSPS) is 10.4. The SMILES string of the molecule is CC(=O)OCCOc1cc(=O)oc2cc(Cl)ccc12. The molecule has 1 aromatic heterocycles. The number of benzene rings is 1. The number of rotatable bonds is 4. The minimum atomic E-state index is -0.530. The minimum Gasteiger partial charge on any atom is -0.489 e. The molecule has 100 valence electrons. The highest BCUT2D eigenvalue weighted by molar-refractivity contribution is 6.31. The fourth-order valence-electron chi connectivity index (χ4n) is 1.56. The zero-order valence-electron chi connectivity index (χ0n) is 10.1. The van der Waals surface area contributed by atoms with Gasteiger partial charge in [-0.25, -0.2) is 4.79 Å². The van der Waals surface area contributed by atoms with Gasteiger partial charge in [-0.2, -0.15) is 0 Å². The zero-order valence-corrected chi connectivity index (χ0v) is 10.9. The molecule has 0 N–H and O–H groups in total. The highest BCUT2D eigenvalue weighted by atomic mass is 35.5. The maximum absolute atomic E-state index is 11.4. The lowest BCUT2D eigenvalue weighted by atomic mass is 10.2. The Bertz CT molecular complexity index is 662. The van der Waals surface area contributed by atoms with Crippen molar-refractivity contribution in [2.75, 3.05) is 13.2 Å². The molecule has 6 heteroatoms. The quantitative estimate of drug-likeness (QED) is 0.489. The summed E-state index contributed by atoms with van der Waals surface area (Å²) in [7, 11) is 0. The van der Waals surface area contributed by atoms with Crippen LogP contribution in [0.1, 0.15) is 6.92 Å². The molecule has 2 rings (SSSR count). The second kappa shape index (κ2) is 5.75. The van der Waals surface area contributed by atoms with Crippen molar-refractivity contribution in [1.82, 2.24) is 0 Å². The van der Waals surface area contributed by atoms with Crippen LogP contribution < -0.4 is 10.4 Å². The van der Waals surface area contributed by atoms with E-state index in [0.29, 0.717) is 21.7 Å². The van der Waals surface area contributed by atoms with Gasteiger partial charge in [0.1, 0.15) is 24.5 Å². The molecular weight excluding hydrogens is 272 g/mol. The fourth-order valence-corrected chi connectivity index (χ4v) is 1.73. The third-order valence-electron chi connectivity index (χ3n) is 2.31. The number of fused-ring (bicyclic) bond motifs is 1. The summed E-state index contributed by atoms with van der Waals surface area (Å²) in [5, 5.41) is 1.10. The Kier molecular flexibility index (Phi) is 4.06. The maximum atomic E-state index is 11.4. The molecule has 5 nitrogen and oxygen atoms in total. The Labute approximate surface area is 113 Å². The molecule has 19 heavy (non-hydrogen) atoms. The van der Waals surface area contributed by atoms with Crippen molar-refractivity contribution < 1.29 is 18.7 Å². The minimum absolute atomic E-state index is 0.116. The van der Waals surface area contributed by atoms with Gasteiger partial charge in [0, 0.05) is 18.0 Å². The number of halogens is 1. The summed E-state index contributed by atoms with van der Waals surface area (Å²) in [5.74, 6) is -0.0112. The van der Waals surface area contributed by atoms with Crippen LogP contribution in [-0.4, -0.2) is 19.2 Å². The molecule has 0 spiro atoms. The van der Waals surface area contributed by atoms with Crippen molar-refractivity contribution in [2.45, 2.75) is 6.92 Å². The summed E-state index contributed by atoms with van der Waals surface area (Å²) in [6.07, 6.45) is 0. The van der Waals surface area contributed by atoms with Crippen LogP contribution in [-0.2, 0) is 9.53 Å². The van der Waals surface area contributed by atoms with Crippen molar-refractivity contribution in [1.29, 1.82) is 0 Å². The summed E-state index contributed by atoms with van der Waals surface area (Å²) in [6, 6.07) is 6.14. The zero-order chi connectivity index (χ0) is 13.8. The van der Waals surface area contributed by atoms with E-state index < -0.39 is 5.63 Å². The molecule has 0 atom stereocenters. The lowest BCUT2D eigenvalue weighted by Gasteiger charge is -2.08. The standard InChI is InChI=1S/C13H11ClO5/c1-8(15)17-4-5-18-11-7-13(16)19-12-6-9(14)2-3-10(11)12/h2-3,6-7H,4-5H2,1H3. The van der Waals surface area contributed by atoms with E-state index >= 15 is 0 Å². The largest absolute Gasteiger partial charge is 0.489 e. The molecule has 0 aliphatic rings. The predicted octanol–water partition coefficient (Wildman–Crippen LogP) is 2.39. The first kappa shape index (κ1) is 13.4. The van der Waals surface area contributed by atoms with E-state index in [-0.39, 0.29) is 19.2 Å². The van der Waals surface area contributed by atoms with E-state index in [0.717, 1.165) is 0 Å². The Morgan fingerprint density at radius 3 is 2.84 bits per heavy atom. The van der Waals surface area contributed by atoms with Gasteiger partial charge in [0.25, 0.3) is 0 Å². The third kappa shape index (κ3) is 3.48. The number of carbonyl (C=O) groups excluding carboxylic acids is 1. The molecule has 1 heterocycles. The van der Waals surface area contributed by atoms with Crippen molar-refractivity contribution in [3.05, 3.63) is 39.7 Å². The number of esters is 1. The van der Waals surface area contributed by atoms with Crippen LogP contribution in [0.4, 0.5) is 0 Å². The van der Waals surface area contributed by atoms with E-state index in [9.17, 15) is 9.59 Å². The summed E-state index contributed by atoms with van der Waals surface area (Å²) < 4.78 is 15.2. The van der Waals surface area contributed by atoms with Crippen LogP contribution in [0.5, 0.6) is 5.75 Å². The highest BCUT2D eigenvalue weighted by Crippen LogP contribution is 2.26. The van der Waals surface area contributed by atoms with Crippen molar-refractivity contribution in [3.8, 4) is 5.75 Å². The van der Waals surface area contributed by atoms with Crippen LogP contribution in [0, 0.1) is 0 Å². The number of hydrogen-bond acceptors (Lipinski definition) is 5. The Morgan fingerprint density at radius 2 is 2.11 bits per heavy atom. The van der Waals surface area contributed by atoms with Crippen molar-refractivity contribution in [2.24, 2.45) is 0 Å². The van der Waals surface area contributed by atoms with Crippen LogP contribution >= 0.6 is 11.6 Å². The molecule has 0 saturated carbocycles. The fraction of sp³-hybridized carbons (Fsp3) is 0.231. The lowest BCUT2D eigenvalue weighted by molar-refractivity contribution is -0.141. The molecule has 0 bridgehead atoms. The molecule has 0 amide bonds. The van der Waals surface area contributed by atoms with Gasteiger partial charge in [0.2, 0.25) is 0 Å². The van der Waals surface area contributed by atoms with E-state index in [2.05, 4.69) is 0 Å². The maximum Gasteiger partial charge on any atom is 0.339 e. The smallest absolute Gasteiger partial charge is 0.339 e. The molecule has 0 saturated heterocycles. The monoisotopic (exact) mass is 282 g/mol. The second-order valence-corrected chi connectivity index (χ2v) is 4.20. The van der Waals surface area contributed by atoms with Gasteiger partial charge in [-0.05, 0) is 12.1 Å². The molecule has 0 aliphatic carbocycles. The average molecular weight is 283 g/mol. The number of ether oxygens (including phenoxy) is 2. The summed E-state index contributed by atoms with van der Waals surface area (Å²) in [4.78, 5) is 22.0. The van der Waals surface area contributed by atoms with Crippen LogP contribution in [0.15, 0.2) is 33.5 Å². The predicted molar refractivity (Wildman–Crippen MR) is 69.6 cm³/mol. The van der Waals surface area contributed by atoms with E-state index in [1.807, 2.05) is 0 Å². The highest BCUT2D eigenvalue weighted by Gasteiger charge is 2.07. The summed E-state index contributed by atoms with van der Waals surface area (Å²) in [5.41, 5.74) is -0.181. The Hall–Kier alpha value is -2.01. The molecule has 0 radical (unpaired) electrons. The molecule has 0 aliphatic heterocycles. The van der Waals surface area contributed by atoms with Gasteiger partial charge in [-0.15, -0.1) is 0 Å². The number of hydrogen-bond donors (Lipinski definition) is 0.